The van der Waals surface area contributed by atoms with Gasteiger partial charge >= 0.3 is 5.97 Å². The van der Waals surface area contributed by atoms with Crippen molar-refractivity contribution in [3.8, 4) is 5.75 Å². The maximum atomic E-state index is 12.6. The molecule has 1 N–H and O–H groups in total. The molecule has 2 amide bonds. The highest BCUT2D eigenvalue weighted by Crippen LogP contribution is 2.31. The second-order valence-corrected chi connectivity index (χ2v) is 5.01. The minimum Gasteiger partial charge on any atom is -0.494 e. The standard InChI is InChI=1S/C15H15N3O5/c1-3-23-9-6-4-8(5-7-9)18-13(19)10-11(14(18)20)16-17-12(10)15(21)22-2/h4-7,10-11,16H,3H2,1-2H3/t10-,11+/m0/s1. The van der Waals surface area contributed by atoms with Gasteiger partial charge in [0, 0.05) is 0 Å². The number of rotatable bonds is 4. The summed E-state index contributed by atoms with van der Waals surface area (Å²) < 4.78 is 9.93. The van der Waals surface area contributed by atoms with Gasteiger partial charge in [0.25, 0.3) is 5.91 Å². The number of ether oxygens (including phenoxy) is 2. The van der Waals surface area contributed by atoms with Crippen molar-refractivity contribution in [1.29, 1.82) is 0 Å². The van der Waals surface area contributed by atoms with Crippen molar-refractivity contribution in [3.05, 3.63) is 24.3 Å². The van der Waals surface area contributed by atoms with Crippen LogP contribution in [0.3, 0.4) is 0 Å². The highest BCUT2D eigenvalue weighted by molar-refractivity contribution is 6.46. The van der Waals surface area contributed by atoms with Crippen LogP contribution in [-0.4, -0.2) is 43.3 Å². The predicted molar refractivity (Wildman–Crippen MR) is 80.0 cm³/mol. The average Bonchev–Trinajstić information content (AvgIpc) is 3.09. The molecule has 0 aromatic heterocycles. The number of hydrogen-bond donors (Lipinski definition) is 1. The third-order valence-electron chi connectivity index (χ3n) is 3.73. The number of carbonyl (C=O) groups is 3. The predicted octanol–water partition coefficient (Wildman–Crippen LogP) is 0.0755. The number of fused-ring (bicyclic) bond motifs is 1. The van der Waals surface area contributed by atoms with Gasteiger partial charge in [-0.15, -0.1) is 0 Å². The molecule has 0 saturated carbocycles. The molecule has 1 saturated heterocycles. The zero-order valence-corrected chi connectivity index (χ0v) is 12.6. The Balaban J connectivity index is 1.88. The van der Waals surface area contributed by atoms with Crippen LogP contribution >= 0.6 is 0 Å². The molecule has 0 radical (unpaired) electrons. The fraction of sp³-hybridized carbons (Fsp3) is 0.333. The van der Waals surface area contributed by atoms with Crippen molar-refractivity contribution in [2.75, 3.05) is 18.6 Å². The van der Waals surface area contributed by atoms with E-state index < -0.39 is 29.7 Å². The van der Waals surface area contributed by atoms with Gasteiger partial charge in [-0.2, -0.15) is 5.10 Å². The Hall–Kier alpha value is -2.90. The van der Waals surface area contributed by atoms with Crippen LogP contribution in [0.25, 0.3) is 0 Å². The van der Waals surface area contributed by atoms with E-state index in [1.807, 2.05) is 6.92 Å². The summed E-state index contributed by atoms with van der Waals surface area (Å²) >= 11 is 0. The number of nitrogens with one attached hydrogen (secondary N) is 1. The molecule has 0 aliphatic carbocycles. The fourth-order valence-electron chi connectivity index (χ4n) is 2.67. The van der Waals surface area contributed by atoms with Gasteiger partial charge in [-0.3, -0.25) is 15.0 Å². The molecule has 0 bridgehead atoms. The molecule has 2 aliphatic heterocycles. The molecule has 1 aromatic carbocycles. The van der Waals surface area contributed by atoms with Crippen molar-refractivity contribution in [3.63, 3.8) is 0 Å². The van der Waals surface area contributed by atoms with E-state index >= 15 is 0 Å². The van der Waals surface area contributed by atoms with E-state index in [4.69, 9.17) is 4.74 Å². The highest BCUT2D eigenvalue weighted by Gasteiger charge is 2.55. The topological polar surface area (TPSA) is 97.3 Å². The van der Waals surface area contributed by atoms with Crippen molar-refractivity contribution in [2.24, 2.45) is 11.0 Å². The molecular formula is C15H15N3O5. The Labute approximate surface area is 132 Å². The molecule has 2 atom stereocenters. The summed E-state index contributed by atoms with van der Waals surface area (Å²) in [6.07, 6.45) is 0. The normalized spacial score (nSPS) is 22.5. The lowest BCUT2D eigenvalue weighted by Crippen LogP contribution is -2.36. The number of nitrogens with zero attached hydrogens (tertiary/aromatic N) is 2. The fourth-order valence-corrected chi connectivity index (χ4v) is 2.67. The van der Waals surface area contributed by atoms with E-state index in [0.717, 1.165) is 4.90 Å². The first kappa shape index (κ1) is 15.0. The lowest BCUT2D eigenvalue weighted by molar-refractivity contribution is -0.133. The van der Waals surface area contributed by atoms with Crippen LogP contribution in [0.15, 0.2) is 29.4 Å². The smallest absolute Gasteiger partial charge is 0.355 e. The van der Waals surface area contributed by atoms with Gasteiger partial charge in [0.05, 0.1) is 19.4 Å². The molecule has 1 fully saturated rings. The molecule has 1 aromatic rings. The van der Waals surface area contributed by atoms with E-state index in [1.54, 1.807) is 24.3 Å². The third kappa shape index (κ3) is 2.32. The summed E-state index contributed by atoms with van der Waals surface area (Å²) in [5, 5.41) is 3.76. The number of imide groups is 1. The van der Waals surface area contributed by atoms with Gasteiger partial charge in [0.15, 0.2) is 5.71 Å². The molecule has 8 heteroatoms. The Morgan fingerprint density at radius 1 is 1.26 bits per heavy atom. The summed E-state index contributed by atoms with van der Waals surface area (Å²) in [7, 11) is 1.20. The third-order valence-corrected chi connectivity index (χ3v) is 3.73. The maximum Gasteiger partial charge on any atom is 0.355 e. The first-order chi connectivity index (χ1) is 11.1. The van der Waals surface area contributed by atoms with Crippen molar-refractivity contribution < 1.29 is 23.9 Å². The van der Waals surface area contributed by atoms with E-state index in [0.29, 0.717) is 18.0 Å². The monoisotopic (exact) mass is 317 g/mol. The minimum absolute atomic E-state index is 0.0794. The number of methoxy groups -OCH3 is 1. The van der Waals surface area contributed by atoms with Crippen LogP contribution in [0.5, 0.6) is 5.75 Å². The number of hydrazone groups is 1. The number of carbonyl (C=O) groups excluding carboxylic acids is 3. The van der Waals surface area contributed by atoms with Gasteiger partial charge in [-0.25, -0.2) is 9.69 Å². The molecule has 8 nitrogen and oxygen atoms in total. The van der Waals surface area contributed by atoms with Crippen molar-refractivity contribution in [1.82, 2.24) is 5.43 Å². The summed E-state index contributed by atoms with van der Waals surface area (Å²) in [5.41, 5.74) is 2.89. The van der Waals surface area contributed by atoms with Crippen LogP contribution in [0.2, 0.25) is 0 Å². The second-order valence-electron chi connectivity index (χ2n) is 5.01. The molecule has 0 unspecified atom stereocenters. The summed E-state index contributed by atoms with van der Waals surface area (Å²) in [6.45, 7) is 2.38. The van der Waals surface area contributed by atoms with Crippen LogP contribution in [0.4, 0.5) is 5.69 Å². The maximum absolute atomic E-state index is 12.6. The summed E-state index contributed by atoms with van der Waals surface area (Å²) in [4.78, 5) is 37.8. The largest absolute Gasteiger partial charge is 0.494 e. The molecule has 120 valence electrons. The first-order valence-electron chi connectivity index (χ1n) is 7.10. The number of amides is 2. The molecule has 3 rings (SSSR count). The Kier molecular flexibility index (Phi) is 3.73. The van der Waals surface area contributed by atoms with Crippen molar-refractivity contribution >= 4 is 29.2 Å². The molecule has 2 aliphatic rings. The lowest BCUT2D eigenvalue weighted by atomic mass is 9.99. The number of anilines is 1. The molecular weight excluding hydrogens is 302 g/mol. The van der Waals surface area contributed by atoms with Crippen LogP contribution in [0, 0.1) is 5.92 Å². The lowest BCUT2D eigenvalue weighted by Gasteiger charge is -2.16. The van der Waals surface area contributed by atoms with E-state index in [1.165, 1.54) is 7.11 Å². The average molecular weight is 317 g/mol. The van der Waals surface area contributed by atoms with Gasteiger partial charge in [0.1, 0.15) is 17.7 Å². The second kappa shape index (κ2) is 5.71. The Morgan fingerprint density at radius 2 is 1.96 bits per heavy atom. The SMILES string of the molecule is CCOc1ccc(N2C(=O)[C@@H]3C(C(=O)OC)=NN[C@H]3C2=O)cc1. The molecule has 23 heavy (non-hydrogen) atoms. The Bertz CT molecular complexity index is 698. The van der Waals surface area contributed by atoms with Crippen LogP contribution in [-0.2, 0) is 19.1 Å². The summed E-state index contributed by atoms with van der Waals surface area (Å²) in [5.74, 6) is -1.99. The molecule has 0 spiro atoms. The van der Waals surface area contributed by atoms with E-state index in [2.05, 4.69) is 15.3 Å². The van der Waals surface area contributed by atoms with E-state index in [-0.39, 0.29) is 5.71 Å². The van der Waals surface area contributed by atoms with Gasteiger partial charge in [-0.1, -0.05) is 0 Å². The van der Waals surface area contributed by atoms with Gasteiger partial charge < -0.3 is 9.47 Å². The zero-order valence-electron chi connectivity index (χ0n) is 12.6. The quantitative estimate of drug-likeness (QED) is 0.624. The molecule has 2 heterocycles. The van der Waals surface area contributed by atoms with Crippen LogP contribution in [0.1, 0.15) is 6.92 Å². The Morgan fingerprint density at radius 3 is 2.57 bits per heavy atom. The summed E-state index contributed by atoms with van der Waals surface area (Å²) in [6, 6.07) is 5.73. The number of benzene rings is 1. The zero-order chi connectivity index (χ0) is 16.6. The van der Waals surface area contributed by atoms with Gasteiger partial charge in [-0.05, 0) is 31.2 Å². The number of esters is 1. The number of hydrogen-bond acceptors (Lipinski definition) is 7. The van der Waals surface area contributed by atoms with E-state index in [9.17, 15) is 14.4 Å². The van der Waals surface area contributed by atoms with Crippen LogP contribution < -0.4 is 15.1 Å². The minimum atomic E-state index is -0.957. The highest BCUT2D eigenvalue weighted by atomic mass is 16.5. The van der Waals surface area contributed by atoms with Crippen molar-refractivity contribution in [2.45, 2.75) is 13.0 Å². The first-order valence-corrected chi connectivity index (χ1v) is 7.10. The van der Waals surface area contributed by atoms with Gasteiger partial charge in [0.2, 0.25) is 5.91 Å².